The zero-order chi connectivity index (χ0) is 13.5. The summed E-state index contributed by atoms with van der Waals surface area (Å²) in [4.78, 5) is 0. The van der Waals surface area contributed by atoms with Gasteiger partial charge in [-0.25, -0.2) is 8.78 Å². The zero-order valence-electron chi connectivity index (χ0n) is 10.9. The van der Waals surface area contributed by atoms with Gasteiger partial charge in [-0.05, 0) is 30.0 Å². The summed E-state index contributed by atoms with van der Waals surface area (Å²) >= 11 is 0. The smallest absolute Gasteiger partial charge is 0.206 e. The van der Waals surface area contributed by atoms with Crippen LogP contribution in [0.15, 0.2) is 54.6 Å². The molecule has 1 saturated carbocycles. The summed E-state index contributed by atoms with van der Waals surface area (Å²) in [6, 6.07) is 17.5. The molecule has 0 spiro atoms. The molecule has 1 atom stereocenters. The van der Waals surface area contributed by atoms with Crippen LogP contribution in [0.3, 0.4) is 0 Å². The Labute approximate surface area is 112 Å². The molecule has 0 N–H and O–H groups in total. The Balaban J connectivity index is 1.92. The lowest BCUT2D eigenvalue weighted by Gasteiger charge is -2.47. The molecule has 0 saturated heterocycles. The van der Waals surface area contributed by atoms with Crippen LogP contribution < -0.4 is 0 Å². The molecule has 98 valence electrons. The molecule has 0 bridgehead atoms. The number of hydrogen-bond donors (Lipinski definition) is 0. The highest BCUT2D eigenvalue weighted by atomic mass is 19.3. The van der Waals surface area contributed by atoms with Gasteiger partial charge in [-0.1, -0.05) is 54.6 Å². The van der Waals surface area contributed by atoms with Gasteiger partial charge >= 0.3 is 0 Å². The third-order valence-electron chi connectivity index (χ3n) is 4.38. The molecule has 1 aliphatic rings. The molecule has 2 aromatic carbocycles. The maximum atomic E-state index is 13.7. The van der Waals surface area contributed by atoms with Crippen molar-refractivity contribution in [2.45, 2.75) is 31.1 Å². The van der Waals surface area contributed by atoms with Crippen molar-refractivity contribution >= 4 is 0 Å². The van der Waals surface area contributed by atoms with Gasteiger partial charge in [0.1, 0.15) is 0 Å². The lowest BCUT2D eigenvalue weighted by Crippen LogP contribution is -2.52. The summed E-state index contributed by atoms with van der Waals surface area (Å²) in [5.74, 6) is -2.57. The predicted molar refractivity (Wildman–Crippen MR) is 73.4 cm³/mol. The Morgan fingerprint density at radius 2 is 1.37 bits per heavy atom. The van der Waals surface area contributed by atoms with Gasteiger partial charge in [-0.15, -0.1) is 0 Å². The van der Waals surface area contributed by atoms with E-state index in [9.17, 15) is 8.78 Å². The van der Waals surface area contributed by atoms with Crippen molar-refractivity contribution in [2.75, 3.05) is 0 Å². The number of alkyl halides is 2. The lowest BCUT2D eigenvalue weighted by atomic mass is 9.62. The molecule has 0 radical (unpaired) electrons. The van der Waals surface area contributed by atoms with E-state index in [1.54, 1.807) is 6.92 Å². The van der Waals surface area contributed by atoms with Crippen molar-refractivity contribution in [3.8, 4) is 11.1 Å². The third-order valence-corrected chi connectivity index (χ3v) is 4.38. The SMILES string of the molecule is CC1(c2ccc(-c3ccccc3)cc2)CCC1(F)F. The van der Waals surface area contributed by atoms with Gasteiger partial charge in [-0.2, -0.15) is 0 Å². The van der Waals surface area contributed by atoms with E-state index in [0.717, 1.165) is 16.7 Å². The summed E-state index contributed by atoms with van der Waals surface area (Å²) < 4.78 is 27.4. The summed E-state index contributed by atoms with van der Waals surface area (Å²) in [6.45, 7) is 1.66. The molecule has 0 amide bonds. The molecule has 19 heavy (non-hydrogen) atoms. The van der Waals surface area contributed by atoms with Crippen molar-refractivity contribution in [1.82, 2.24) is 0 Å². The van der Waals surface area contributed by atoms with Crippen molar-refractivity contribution < 1.29 is 8.78 Å². The van der Waals surface area contributed by atoms with E-state index in [2.05, 4.69) is 0 Å². The fourth-order valence-corrected chi connectivity index (χ4v) is 2.71. The van der Waals surface area contributed by atoms with E-state index in [4.69, 9.17) is 0 Å². The molecular formula is C17H16F2. The minimum Gasteiger partial charge on any atom is -0.206 e. The molecule has 2 aromatic rings. The van der Waals surface area contributed by atoms with Gasteiger partial charge < -0.3 is 0 Å². The first-order chi connectivity index (χ1) is 9.03. The van der Waals surface area contributed by atoms with Crippen LogP contribution in [0.5, 0.6) is 0 Å². The Morgan fingerprint density at radius 1 is 0.789 bits per heavy atom. The van der Waals surface area contributed by atoms with Crippen LogP contribution in [0.25, 0.3) is 11.1 Å². The van der Waals surface area contributed by atoms with E-state index in [1.807, 2.05) is 54.6 Å². The quantitative estimate of drug-likeness (QED) is 0.708. The van der Waals surface area contributed by atoms with Crippen molar-refractivity contribution in [3.63, 3.8) is 0 Å². The second kappa shape index (κ2) is 4.16. The zero-order valence-corrected chi connectivity index (χ0v) is 10.9. The van der Waals surface area contributed by atoms with Crippen LogP contribution in [-0.2, 0) is 5.41 Å². The molecular weight excluding hydrogens is 242 g/mol. The van der Waals surface area contributed by atoms with Gasteiger partial charge in [-0.3, -0.25) is 0 Å². The van der Waals surface area contributed by atoms with Crippen LogP contribution in [0.4, 0.5) is 8.78 Å². The van der Waals surface area contributed by atoms with E-state index in [-0.39, 0.29) is 6.42 Å². The number of benzene rings is 2. The Hall–Kier alpha value is -1.70. The summed E-state index contributed by atoms with van der Waals surface area (Å²) in [5.41, 5.74) is 1.93. The Morgan fingerprint density at radius 3 is 1.84 bits per heavy atom. The monoisotopic (exact) mass is 258 g/mol. The highest BCUT2D eigenvalue weighted by Crippen LogP contribution is 2.55. The molecule has 1 aliphatic carbocycles. The molecule has 0 aliphatic heterocycles. The molecule has 0 heterocycles. The first-order valence-corrected chi connectivity index (χ1v) is 6.57. The fraction of sp³-hybridized carbons (Fsp3) is 0.294. The first-order valence-electron chi connectivity index (χ1n) is 6.57. The number of halogens is 2. The van der Waals surface area contributed by atoms with Crippen LogP contribution in [-0.4, -0.2) is 5.92 Å². The number of hydrogen-bond acceptors (Lipinski definition) is 0. The molecule has 2 heteroatoms. The lowest BCUT2D eigenvalue weighted by molar-refractivity contribution is -0.147. The topological polar surface area (TPSA) is 0 Å². The third kappa shape index (κ3) is 1.86. The maximum absolute atomic E-state index is 13.7. The second-order valence-electron chi connectivity index (χ2n) is 5.48. The largest absolute Gasteiger partial charge is 0.257 e. The van der Waals surface area contributed by atoms with Gasteiger partial charge in [0.05, 0.1) is 5.41 Å². The maximum Gasteiger partial charge on any atom is 0.257 e. The minimum absolute atomic E-state index is 0.00391. The van der Waals surface area contributed by atoms with Gasteiger partial charge in [0.25, 0.3) is 5.92 Å². The highest BCUT2D eigenvalue weighted by Gasteiger charge is 2.59. The number of rotatable bonds is 2. The van der Waals surface area contributed by atoms with Crippen LogP contribution >= 0.6 is 0 Å². The summed E-state index contributed by atoms with van der Waals surface area (Å²) in [7, 11) is 0. The Bertz CT molecular complexity index is 572. The Kier molecular flexibility index (Phi) is 2.70. The summed E-state index contributed by atoms with van der Waals surface area (Å²) in [6.07, 6.45) is 0.564. The van der Waals surface area contributed by atoms with Gasteiger partial charge in [0.2, 0.25) is 0 Å². The summed E-state index contributed by atoms with van der Waals surface area (Å²) in [5, 5.41) is 0. The first kappa shape index (κ1) is 12.3. The standard InChI is InChI=1S/C17H16F2/c1-16(11-12-17(16,18)19)15-9-7-14(8-10-15)13-5-3-2-4-6-13/h2-10H,11-12H2,1H3. The molecule has 0 nitrogen and oxygen atoms in total. The molecule has 3 rings (SSSR count). The predicted octanol–water partition coefficient (Wildman–Crippen LogP) is 5.04. The van der Waals surface area contributed by atoms with E-state index in [1.165, 1.54) is 0 Å². The molecule has 0 aromatic heterocycles. The second-order valence-corrected chi connectivity index (χ2v) is 5.48. The fourth-order valence-electron chi connectivity index (χ4n) is 2.71. The van der Waals surface area contributed by atoms with Crippen molar-refractivity contribution in [3.05, 3.63) is 60.2 Å². The van der Waals surface area contributed by atoms with Crippen LogP contribution in [0, 0.1) is 0 Å². The van der Waals surface area contributed by atoms with E-state index >= 15 is 0 Å². The normalized spacial score (nSPS) is 24.8. The molecule has 1 fully saturated rings. The van der Waals surface area contributed by atoms with Crippen LogP contribution in [0.2, 0.25) is 0 Å². The van der Waals surface area contributed by atoms with Crippen molar-refractivity contribution in [1.29, 1.82) is 0 Å². The van der Waals surface area contributed by atoms with Gasteiger partial charge in [0, 0.05) is 6.42 Å². The van der Waals surface area contributed by atoms with Crippen LogP contribution in [0.1, 0.15) is 25.3 Å². The van der Waals surface area contributed by atoms with Gasteiger partial charge in [0.15, 0.2) is 0 Å². The average Bonchev–Trinajstić information content (AvgIpc) is 2.46. The molecule has 1 unspecified atom stereocenters. The highest BCUT2D eigenvalue weighted by molar-refractivity contribution is 5.63. The van der Waals surface area contributed by atoms with E-state index in [0.29, 0.717) is 6.42 Å². The van der Waals surface area contributed by atoms with E-state index < -0.39 is 11.3 Å². The average molecular weight is 258 g/mol. The van der Waals surface area contributed by atoms with Crippen molar-refractivity contribution in [2.24, 2.45) is 0 Å². The minimum atomic E-state index is -2.57.